The van der Waals surface area contributed by atoms with Crippen molar-refractivity contribution in [3.8, 4) is 0 Å². The van der Waals surface area contributed by atoms with Crippen LogP contribution >= 0.6 is 0 Å². The third kappa shape index (κ3) is 2.82. The third-order valence-corrected chi connectivity index (χ3v) is 2.82. The summed E-state index contributed by atoms with van der Waals surface area (Å²) in [6, 6.07) is 8.72. The molecular formula is C14H20O. The van der Waals surface area contributed by atoms with Crippen molar-refractivity contribution in [1.29, 1.82) is 0 Å². The Hall–Kier alpha value is -0.820. The Morgan fingerprint density at radius 2 is 1.80 bits per heavy atom. The summed E-state index contributed by atoms with van der Waals surface area (Å²) in [6.07, 6.45) is 3.80. The van der Waals surface area contributed by atoms with E-state index in [4.69, 9.17) is 4.74 Å². The van der Waals surface area contributed by atoms with E-state index in [1.807, 2.05) is 0 Å². The highest BCUT2D eigenvalue weighted by molar-refractivity contribution is 5.29. The molecule has 0 heterocycles. The summed E-state index contributed by atoms with van der Waals surface area (Å²) in [6.45, 7) is 6.40. The maximum atomic E-state index is 6.04. The van der Waals surface area contributed by atoms with E-state index >= 15 is 0 Å². The van der Waals surface area contributed by atoms with Gasteiger partial charge < -0.3 is 4.74 Å². The molecule has 1 aliphatic carbocycles. The maximum absolute atomic E-state index is 6.04. The lowest BCUT2D eigenvalue weighted by Crippen LogP contribution is -2.31. The topological polar surface area (TPSA) is 9.23 Å². The summed E-state index contributed by atoms with van der Waals surface area (Å²) in [7, 11) is 0. The van der Waals surface area contributed by atoms with Gasteiger partial charge in [0.05, 0.1) is 11.7 Å². The van der Waals surface area contributed by atoms with E-state index in [-0.39, 0.29) is 5.60 Å². The Labute approximate surface area is 92.5 Å². The van der Waals surface area contributed by atoms with Gasteiger partial charge in [-0.15, -0.1) is 0 Å². The summed E-state index contributed by atoms with van der Waals surface area (Å²) >= 11 is 0. The molecule has 1 nitrogen and oxygen atoms in total. The Morgan fingerprint density at radius 3 is 2.47 bits per heavy atom. The van der Waals surface area contributed by atoms with Gasteiger partial charge in [-0.3, -0.25) is 0 Å². The zero-order chi connectivity index (χ0) is 10.9. The van der Waals surface area contributed by atoms with Crippen molar-refractivity contribution in [2.24, 2.45) is 0 Å². The lowest BCUT2D eigenvalue weighted by Gasteiger charge is -2.31. The monoisotopic (exact) mass is 204 g/mol. The molecule has 0 fully saturated rings. The van der Waals surface area contributed by atoms with Crippen LogP contribution in [0.15, 0.2) is 24.3 Å². The van der Waals surface area contributed by atoms with Crippen LogP contribution in [0.3, 0.4) is 0 Å². The molecule has 0 aromatic heterocycles. The summed E-state index contributed by atoms with van der Waals surface area (Å²) in [5.41, 5.74) is 2.96. The van der Waals surface area contributed by atoms with Crippen molar-refractivity contribution in [1.82, 2.24) is 0 Å². The first-order chi connectivity index (χ1) is 7.04. The second-order valence-corrected chi connectivity index (χ2v) is 5.36. The number of rotatable bonds is 1. The fraction of sp³-hybridized carbons (Fsp3) is 0.571. The van der Waals surface area contributed by atoms with Gasteiger partial charge in [-0.05, 0) is 51.2 Å². The number of hydrogen-bond donors (Lipinski definition) is 0. The Balaban J connectivity index is 2.06. The zero-order valence-electron chi connectivity index (χ0n) is 9.92. The fourth-order valence-electron chi connectivity index (χ4n) is 2.26. The molecule has 0 amide bonds. The predicted molar refractivity (Wildman–Crippen MR) is 63.1 cm³/mol. The molecule has 0 N–H and O–H groups in total. The first-order valence-electron chi connectivity index (χ1n) is 5.79. The standard InChI is InChI=1S/C14H20O/c1-14(2,3)15-13-9-8-11-6-4-5-7-12(11)10-13/h4-7,13H,8-10H2,1-3H3. The highest BCUT2D eigenvalue weighted by Crippen LogP contribution is 2.25. The van der Waals surface area contributed by atoms with Gasteiger partial charge in [0.2, 0.25) is 0 Å². The summed E-state index contributed by atoms with van der Waals surface area (Å²) in [5.74, 6) is 0. The van der Waals surface area contributed by atoms with E-state index in [0.717, 1.165) is 19.3 Å². The van der Waals surface area contributed by atoms with Crippen LogP contribution in [-0.4, -0.2) is 11.7 Å². The van der Waals surface area contributed by atoms with E-state index in [2.05, 4.69) is 45.0 Å². The number of ether oxygens (including phenoxy) is 1. The highest BCUT2D eigenvalue weighted by Gasteiger charge is 2.23. The van der Waals surface area contributed by atoms with Crippen LogP contribution in [-0.2, 0) is 17.6 Å². The van der Waals surface area contributed by atoms with Gasteiger partial charge >= 0.3 is 0 Å². The Morgan fingerprint density at radius 1 is 1.13 bits per heavy atom. The number of benzene rings is 1. The number of hydrogen-bond acceptors (Lipinski definition) is 1. The fourth-order valence-corrected chi connectivity index (χ4v) is 2.26. The van der Waals surface area contributed by atoms with Gasteiger partial charge in [-0.2, -0.15) is 0 Å². The predicted octanol–water partition coefficient (Wildman–Crippen LogP) is 3.36. The third-order valence-electron chi connectivity index (χ3n) is 2.82. The lowest BCUT2D eigenvalue weighted by atomic mass is 9.89. The second-order valence-electron chi connectivity index (χ2n) is 5.36. The van der Waals surface area contributed by atoms with E-state index in [1.54, 1.807) is 0 Å². The van der Waals surface area contributed by atoms with Crippen molar-refractivity contribution in [2.45, 2.75) is 51.7 Å². The molecule has 82 valence electrons. The first kappa shape index (κ1) is 10.7. The molecule has 0 radical (unpaired) electrons. The quantitative estimate of drug-likeness (QED) is 0.681. The molecule has 1 atom stereocenters. The van der Waals surface area contributed by atoms with Crippen molar-refractivity contribution in [3.63, 3.8) is 0 Å². The molecule has 0 saturated carbocycles. The molecule has 1 aromatic rings. The van der Waals surface area contributed by atoms with Crippen LogP contribution in [0.2, 0.25) is 0 Å². The van der Waals surface area contributed by atoms with E-state index in [1.165, 1.54) is 11.1 Å². The molecule has 0 saturated heterocycles. The van der Waals surface area contributed by atoms with E-state index < -0.39 is 0 Å². The van der Waals surface area contributed by atoms with Crippen LogP contribution in [0.1, 0.15) is 38.3 Å². The smallest absolute Gasteiger partial charge is 0.0625 e. The zero-order valence-corrected chi connectivity index (χ0v) is 9.92. The average molecular weight is 204 g/mol. The molecule has 1 aliphatic rings. The minimum Gasteiger partial charge on any atom is -0.372 e. The summed E-state index contributed by atoms with van der Waals surface area (Å²) in [5, 5.41) is 0. The number of fused-ring (bicyclic) bond motifs is 1. The molecular weight excluding hydrogens is 184 g/mol. The van der Waals surface area contributed by atoms with Crippen LogP contribution in [0.4, 0.5) is 0 Å². The van der Waals surface area contributed by atoms with Crippen molar-refractivity contribution in [3.05, 3.63) is 35.4 Å². The maximum Gasteiger partial charge on any atom is 0.0625 e. The molecule has 2 rings (SSSR count). The summed E-state index contributed by atoms with van der Waals surface area (Å²) in [4.78, 5) is 0. The lowest BCUT2D eigenvalue weighted by molar-refractivity contribution is -0.0643. The molecule has 1 aromatic carbocycles. The molecule has 1 unspecified atom stereocenters. The highest BCUT2D eigenvalue weighted by atomic mass is 16.5. The molecule has 15 heavy (non-hydrogen) atoms. The number of aryl methyl sites for hydroxylation is 1. The van der Waals surface area contributed by atoms with E-state index in [0.29, 0.717) is 6.10 Å². The van der Waals surface area contributed by atoms with Crippen molar-refractivity contribution in [2.75, 3.05) is 0 Å². The summed E-state index contributed by atoms with van der Waals surface area (Å²) < 4.78 is 6.04. The minimum absolute atomic E-state index is 0.0169. The largest absolute Gasteiger partial charge is 0.372 e. The molecule has 0 aliphatic heterocycles. The Kier molecular flexibility index (Phi) is 2.83. The molecule has 0 spiro atoms. The van der Waals surface area contributed by atoms with Gasteiger partial charge in [0, 0.05) is 0 Å². The second kappa shape index (κ2) is 3.97. The normalized spacial score (nSPS) is 21.1. The van der Waals surface area contributed by atoms with Crippen molar-refractivity contribution >= 4 is 0 Å². The SMILES string of the molecule is CC(C)(C)OC1CCc2ccccc2C1. The average Bonchev–Trinajstić information content (AvgIpc) is 2.15. The van der Waals surface area contributed by atoms with Crippen LogP contribution < -0.4 is 0 Å². The first-order valence-corrected chi connectivity index (χ1v) is 5.79. The molecule has 0 bridgehead atoms. The van der Waals surface area contributed by atoms with Gasteiger partial charge in [-0.25, -0.2) is 0 Å². The Bertz CT molecular complexity index is 335. The van der Waals surface area contributed by atoms with Gasteiger partial charge in [0.1, 0.15) is 0 Å². The van der Waals surface area contributed by atoms with Gasteiger partial charge in [0.15, 0.2) is 0 Å². The van der Waals surface area contributed by atoms with Gasteiger partial charge in [-0.1, -0.05) is 24.3 Å². The van der Waals surface area contributed by atoms with Crippen molar-refractivity contribution < 1.29 is 4.74 Å². The van der Waals surface area contributed by atoms with Gasteiger partial charge in [0.25, 0.3) is 0 Å². The van der Waals surface area contributed by atoms with Crippen LogP contribution in [0.5, 0.6) is 0 Å². The van der Waals surface area contributed by atoms with E-state index in [9.17, 15) is 0 Å². The minimum atomic E-state index is -0.0169. The molecule has 1 heteroatoms. The van der Waals surface area contributed by atoms with Crippen LogP contribution in [0.25, 0.3) is 0 Å². The van der Waals surface area contributed by atoms with Crippen LogP contribution in [0, 0.1) is 0 Å².